The summed E-state index contributed by atoms with van der Waals surface area (Å²) in [5, 5.41) is 25.1. The summed E-state index contributed by atoms with van der Waals surface area (Å²) in [6.45, 7) is 4.41. The van der Waals surface area contributed by atoms with E-state index >= 15 is 0 Å². The second-order valence-electron chi connectivity index (χ2n) is 9.67. The minimum absolute atomic E-state index is 0.116. The smallest absolute Gasteiger partial charge is 0.306 e. The predicted molar refractivity (Wildman–Crippen MR) is 126 cm³/mol. The molecule has 1 unspecified atom stereocenters. The van der Waals surface area contributed by atoms with Gasteiger partial charge in [0.15, 0.2) is 0 Å². The quantitative estimate of drug-likeness (QED) is 0.464. The van der Waals surface area contributed by atoms with Gasteiger partial charge < -0.3 is 19.7 Å². The van der Waals surface area contributed by atoms with Crippen molar-refractivity contribution in [2.45, 2.75) is 70.9 Å². The van der Waals surface area contributed by atoms with Gasteiger partial charge in [0.05, 0.1) is 35.6 Å². The molecule has 2 aliphatic carbocycles. The van der Waals surface area contributed by atoms with E-state index in [2.05, 4.69) is 32.7 Å². The Labute approximate surface area is 203 Å². The van der Waals surface area contributed by atoms with E-state index < -0.39 is 5.97 Å². The van der Waals surface area contributed by atoms with Crippen molar-refractivity contribution in [1.82, 2.24) is 30.1 Å². The molecule has 0 aromatic carbocycles. The summed E-state index contributed by atoms with van der Waals surface area (Å²) in [5.74, 6) is 1.61. The highest BCUT2D eigenvalue weighted by Crippen LogP contribution is 2.41. The first-order valence-electron chi connectivity index (χ1n) is 12.2. The summed E-state index contributed by atoms with van der Waals surface area (Å²) in [5.41, 5.74) is 2.90. The van der Waals surface area contributed by atoms with Gasteiger partial charge in [-0.1, -0.05) is 12.1 Å². The van der Waals surface area contributed by atoms with E-state index in [1.54, 1.807) is 4.68 Å². The lowest BCUT2D eigenvalue weighted by atomic mass is 9.87. The van der Waals surface area contributed by atoms with Gasteiger partial charge in [0, 0.05) is 13.0 Å². The number of hydrogen-bond donors (Lipinski definition) is 2. The van der Waals surface area contributed by atoms with Crippen LogP contribution in [0.3, 0.4) is 0 Å². The van der Waals surface area contributed by atoms with Gasteiger partial charge >= 0.3 is 5.97 Å². The monoisotopic (exact) mass is 481 g/mol. The molecule has 3 aromatic heterocycles. The Hall–Kier alpha value is -3.50. The van der Waals surface area contributed by atoms with Gasteiger partial charge in [-0.2, -0.15) is 4.98 Å². The number of hydrogen-bond acceptors (Lipinski definition) is 9. The molecule has 5 rings (SSSR count). The Bertz CT molecular complexity index is 1200. The molecule has 0 spiro atoms. The molecule has 2 aliphatic rings. The second-order valence-corrected chi connectivity index (χ2v) is 9.67. The largest absolute Gasteiger partial charge is 0.489 e. The van der Waals surface area contributed by atoms with Gasteiger partial charge in [-0.15, -0.1) is 5.10 Å². The highest BCUT2D eigenvalue weighted by molar-refractivity contribution is 5.70. The molecule has 0 aliphatic heterocycles. The first kappa shape index (κ1) is 23.3. The van der Waals surface area contributed by atoms with Crippen LogP contribution in [0.15, 0.2) is 16.7 Å². The topological polar surface area (TPSA) is 141 Å². The van der Waals surface area contributed by atoms with Gasteiger partial charge in [-0.05, 0) is 68.7 Å². The molecule has 3 heterocycles. The van der Waals surface area contributed by atoms with Crippen LogP contribution < -0.4 is 10.1 Å². The molecule has 2 N–H and O–H groups in total. The summed E-state index contributed by atoms with van der Waals surface area (Å²) in [4.78, 5) is 20.6. The Morgan fingerprint density at radius 3 is 2.86 bits per heavy atom. The fourth-order valence-corrected chi connectivity index (χ4v) is 4.69. The van der Waals surface area contributed by atoms with Gasteiger partial charge in [0.2, 0.25) is 5.89 Å². The van der Waals surface area contributed by atoms with E-state index in [0.29, 0.717) is 54.3 Å². The zero-order valence-corrected chi connectivity index (χ0v) is 20.3. The maximum absolute atomic E-state index is 11.4. The highest BCUT2D eigenvalue weighted by atomic mass is 16.5. The molecule has 0 saturated heterocycles. The van der Waals surface area contributed by atoms with Crippen molar-refractivity contribution < 1.29 is 19.2 Å². The number of ether oxygens (including phenoxy) is 1. The lowest BCUT2D eigenvalue weighted by Crippen LogP contribution is -2.29. The van der Waals surface area contributed by atoms with Gasteiger partial charge in [0.1, 0.15) is 11.4 Å². The van der Waals surface area contributed by atoms with Crippen LogP contribution in [0.4, 0.5) is 5.95 Å². The third kappa shape index (κ3) is 5.13. The average molecular weight is 482 g/mol. The number of rotatable bonds is 9. The van der Waals surface area contributed by atoms with E-state index in [4.69, 9.17) is 14.2 Å². The molecule has 11 nitrogen and oxygen atoms in total. The number of carboxylic acid groups (broad SMARTS) is 1. The highest BCUT2D eigenvalue weighted by Gasteiger charge is 2.32. The molecule has 2 saturated carbocycles. The zero-order valence-electron chi connectivity index (χ0n) is 20.3. The summed E-state index contributed by atoms with van der Waals surface area (Å²) in [6, 6.07) is 3.73. The van der Waals surface area contributed by atoms with Crippen molar-refractivity contribution in [3.8, 4) is 17.1 Å². The van der Waals surface area contributed by atoms with Crippen molar-refractivity contribution in [3.05, 3.63) is 29.4 Å². The van der Waals surface area contributed by atoms with E-state index in [-0.39, 0.29) is 17.9 Å². The zero-order chi connectivity index (χ0) is 24.5. The van der Waals surface area contributed by atoms with Crippen LogP contribution in [0.1, 0.15) is 68.6 Å². The third-order valence-electron chi connectivity index (χ3n) is 7.07. The molecule has 11 heteroatoms. The Kier molecular flexibility index (Phi) is 6.40. The van der Waals surface area contributed by atoms with Crippen molar-refractivity contribution in [1.29, 1.82) is 0 Å². The Morgan fingerprint density at radius 2 is 2.11 bits per heavy atom. The summed E-state index contributed by atoms with van der Waals surface area (Å²) < 4.78 is 13.3. The Balaban J connectivity index is 1.26. The number of nitrogens with one attached hydrogen (secondary N) is 1. The fourth-order valence-electron chi connectivity index (χ4n) is 4.69. The molecular weight excluding hydrogens is 450 g/mol. The van der Waals surface area contributed by atoms with Crippen LogP contribution in [-0.4, -0.2) is 47.3 Å². The maximum atomic E-state index is 11.4. The van der Waals surface area contributed by atoms with Crippen LogP contribution in [0.25, 0.3) is 11.4 Å². The molecule has 2 fully saturated rings. The number of aryl methyl sites for hydroxylation is 2. The molecule has 186 valence electrons. The molecular formula is C24H31N7O4. The predicted octanol–water partition coefficient (Wildman–Crippen LogP) is 3.72. The fraction of sp³-hybridized carbons (Fsp3) is 0.583. The standard InChI is InChI=1S/C24H31N7O4/c1-13(15-7-8-15)22-27-24(29-35-22)25-12-19-21(28-30-31(19)3)18-9-10-20(14(2)26-18)34-17-6-4-5-16(11-17)23(32)33/h9-10,13,15-17H,4-8,11-12H2,1-3H3,(H,25,29)(H,32,33)/t13?,16-,17-/m0/s1. The van der Waals surface area contributed by atoms with Crippen LogP contribution >= 0.6 is 0 Å². The van der Waals surface area contributed by atoms with Gasteiger partial charge in [0.25, 0.3) is 5.95 Å². The van der Waals surface area contributed by atoms with E-state index in [1.165, 1.54) is 12.8 Å². The molecule has 0 radical (unpaired) electrons. The Morgan fingerprint density at radius 1 is 1.29 bits per heavy atom. The van der Waals surface area contributed by atoms with E-state index in [9.17, 15) is 9.90 Å². The SMILES string of the molecule is Cc1nc(-c2nnn(C)c2CNc2noc(C(C)C3CC3)n2)ccc1O[C@H]1CCC[C@H](C(=O)O)C1. The minimum Gasteiger partial charge on any atom is -0.489 e. The number of pyridine rings is 1. The normalized spacial score (nSPS) is 21.0. The summed E-state index contributed by atoms with van der Waals surface area (Å²) in [6.07, 6.45) is 5.25. The molecule has 35 heavy (non-hydrogen) atoms. The lowest BCUT2D eigenvalue weighted by Gasteiger charge is -2.27. The molecule has 0 amide bonds. The van der Waals surface area contributed by atoms with Crippen molar-refractivity contribution >= 4 is 11.9 Å². The first-order chi connectivity index (χ1) is 16.9. The number of carbonyl (C=O) groups is 1. The van der Waals surface area contributed by atoms with Gasteiger partial charge in [-0.3, -0.25) is 4.79 Å². The number of aromatic nitrogens is 6. The summed E-state index contributed by atoms with van der Waals surface area (Å²) in [7, 11) is 1.83. The number of nitrogens with zero attached hydrogens (tertiary/aromatic N) is 6. The maximum Gasteiger partial charge on any atom is 0.306 e. The minimum atomic E-state index is -0.748. The van der Waals surface area contributed by atoms with Crippen molar-refractivity contribution in [3.63, 3.8) is 0 Å². The van der Waals surface area contributed by atoms with E-state index in [0.717, 1.165) is 24.2 Å². The molecule has 0 bridgehead atoms. The summed E-state index contributed by atoms with van der Waals surface area (Å²) >= 11 is 0. The molecule has 3 aromatic rings. The van der Waals surface area contributed by atoms with Crippen molar-refractivity contribution in [2.24, 2.45) is 18.9 Å². The lowest BCUT2D eigenvalue weighted by molar-refractivity contribution is -0.143. The number of aliphatic carboxylic acids is 1. The van der Waals surface area contributed by atoms with E-state index in [1.807, 2.05) is 26.1 Å². The third-order valence-corrected chi connectivity index (χ3v) is 7.07. The van der Waals surface area contributed by atoms with Crippen LogP contribution in [0, 0.1) is 18.8 Å². The number of anilines is 1. The van der Waals surface area contributed by atoms with Crippen molar-refractivity contribution in [2.75, 3.05) is 5.32 Å². The second kappa shape index (κ2) is 9.63. The van der Waals surface area contributed by atoms with Gasteiger partial charge in [-0.25, -0.2) is 9.67 Å². The first-order valence-corrected chi connectivity index (χ1v) is 12.2. The number of carboxylic acids is 1. The van der Waals surface area contributed by atoms with Crippen LogP contribution in [0.2, 0.25) is 0 Å². The molecule has 3 atom stereocenters. The average Bonchev–Trinajstić information content (AvgIpc) is 3.48. The van der Waals surface area contributed by atoms with Crippen LogP contribution in [-0.2, 0) is 18.4 Å². The van der Waals surface area contributed by atoms with Crippen LogP contribution in [0.5, 0.6) is 5.75 Å².